The summed E-state index contributed by atoms with van der Waals surface area (Å²) in [6, 6.07) is 7.61. The lowest BCUT2D eigenvalue weighted by atomic mass is 10.2. The molecule has 7 nitrogen and oxygen atoms in total. The fourth-order valence-electron chi connectivity index (χ4n) is 2.63. The zero-order chi connectivity index (χ0) is 19.8. The third-order valence-electron chi connectivity index (χ3n) is 3.93. The molecule has 1 heterocycles. The zero-order valence-corrected chi connectivity index (χ0v) is 16.4. The number of rotatable bonds is 5. The second-order valence-corrected chi connectivity index (χ2v) is 8.28. The number of ether oxygens (including phenoxy) is 1. The summed E-state index contributed by atoms with van der Waals surface area (Å²) in [5, 5.41) is 0. The predicted octanol–water partition coefficient (Wildman–Crippen LogP) is 3.05. The monoisotopic (exact) mass is 456 g/mol. The van der Waals surface area contributed by atoms with E-state index in [-0.39, 0.29) is 34.9 Å². The first-order valence-corrected chi connectivity index (χ1v) is 10.0. The minimum Gasteiger partial charge on any atom is -0.495 e. The molecule has 0 saturated carbocycles. The highest BCUT2D eigenvalue weighted by Crippen LogP contribution is 2.35. The quantitative estimate of drug-likeness (QED) is 0.697. The van der Waals surface area contributed by atoms with E-state index >= 15 is 0 Å². The van der Waals surface area contributed by atoms with Gasteiger partial charge in [0.2, 0.25) is 11.8 Å². The van der Waals surface area contributed by atoms with Crippen molar-refractivity contribution < 1.29 is 27.1 Å². The van der Waals surface area contributed by atoms with Gasteiger partial charge in [-0.25, -0.2) is 17.7 Å². The van der Waals surface area contributed by atoms with E-state index in [4.69, 9.17) is 4.74 Å². The first-order valence-electron chi connectivity index (χ1n) is 7.74. The highest BCUT2D eigenvalue weighted by Gasteiger charge is 2.33. The third kappa shape index (κ3) is 3.81. The number of sulfonamides is 1. The third-order valence-corrected chi connectivity index (χ3v) is 5.78. The molecule has 1 N–H and O–H groups in total. The van der Waals surface area contributed by atoms with Gasteiger partial charge in [0.25, 0.3) is 10.0 Å². The number of carbonyl (C=O) groups excluding carboxylic acids is 2. The second kappa shape index (κ2) is 7.28. The molecule has 10 heteroatoms. The van der Waals surface area contributed by atoms with Gasteiger partial charge in [-0.3, -0.25) is 14.3 Å². The molecule has 27 heavy (non-hydrogen) atoms. The summed E-state index contributed by atoms with van der Waals surface area (Å²) in [7, 11) is -2.83. The van der Waals surface area contributed by atoms with Crippen LogP contribution < -0.4 is 14.4 Å². The molecule has 2 aromatic rings. The number of nitrogens with one attached hydrogen (secondary N) is 1. The number of amides is 2. The van der Waals surface area contributed by atoms with Gasteiger partial charge in [0.05, 0.1) is 23.4 Å². The molecule has 0 atom stereocenters. The van der Waals surface area contributed by atoms with E-state index in [1.807, 2.05) is 0 Å². The Balaban J connectivity index is 2.02. The molecule has 2 amide bonds. The molecule has 1 aliphatic heterocycles. The molecule has 0 spiro atoms. The number of hydrogen-bond acceptors (Lipinski definition) is 5. The van der Waals surface area contributed by atoms with Gasteiger partial charge in [-0.2, -0.15) is 0 Å². The second-order valence-electron chi connectivity index (χ2n) is 5.69. The molecular formula is C17H14BrFN2O5S. The average Bonchev–Trinajstić information content (AvgIpc) is 2.95. The van der Waals surface area contributed by atoms with Gasteiger partial charge in [-0.15, -0.1) is 0 Å². The number of anilines is 2. The van der Waals surface area contributed by atoms with Crippen molar-refractivity contribution in [2.45, 2.75) is 17.7 Å². The molecule has 1 aliphatic rings. The van der Waals surface area contributed by atoms with Crippen LogP contribution in [0.1, 0.15) is 12.8 Å². The number of nitrogens with zero attached hydrogens (tertiary/aromatic N) is 1. The van der Waals surface area contributed by atoms with Gasteiger partial charge in [0, 0.05) is 17.3 Å². The van der Waals surface area contributed by atoms with Gasteiger partial charge in [-0.05, 0) is 36.4 Å². The lowest BCUT2D eigenvalue weighted by Gasteiger charge is -2.18. The van der Waals surface area contributed by atoms with Crippen molar-refractivity contribution in [3.63, 3.8) is 0 Å². The zero-order valence-electron chi connectivity index (χ0n) is 14.0. The Hall–Kier alpha value is -2.46. The maximum absolute atomic E-state index is 14.0. The van der Waals surface area contributed by atoms with E-state index in [0.717, 1.165) is 17.0 Å². The summed E-state index contributed by atoms with van der Waals surface area (Å²) >= 11 is 3.09. The van der Waals surface area contributed by atoms with Crippen LogP contribution in [0.25, 0.3) is 0 Å². The lowest BCUT2D eigenvalue weighted by Crippen LogP contribution is -2.29. The Morgan fingerprint density at radius 2 is 1.78 bits per heavy atom. The summed E-state index contributed by atoms with van der Waals surface area (Å²) < 4.78 is 47.0. The van der Waals surface area contributed by atoms with Crippen LogP contribution in [0.4, 0.5) is 15.8 Å². The Morgan fingerprint density at radius 1 is 1.11 bits per heavy atom. The molecule has 3 rings (SSSR count). The lowest BCUT2D eigenvalue weighted by molar-refractivity contribution is -0.121. The van der Waals surface area contributed by atoms with Crippen LogP contribution >= 0.6 is 15.9 Å². The van der Waals surface area contributed by atoms with Crippen molar-refractivity contribution in [1.82, 2.24) is 0 Å². The van der Waals surface area contributed by atoms with Gasteiger partial charge in [0.15, 0.2) is 0 Å². The number of carbonyl (C=O) groups is 2. The number of methoxy groups -OCH3 is 1. The van der Waals surface area contributed by atoms with E-state index in [9.17, 15) is 22.4 Å². The normalized spacial score (nSPS) is 14.6. The van der Waals surface area contributed by atoms with Crippen LogP contribution in [0.3, 0.4) is 0 Å². The summed E-state index contributed by atoms with van der Waals surface area (Å²) in [5.41, 5.74) is -0.201. The maximum atomic E-state index is 14.0. The van der Waals surface area contributed by atoms with Crippen LogP contribution in [-0.4, -0.2) is 27.3 Å². The van der Waals surface area contributed by atoms with Gasteiger partial charge in [0.1, 0.15) is 11.6 Å². The van der Waals surface area contributed by atoms with E-state index in [1.165, 1.54) is 31.4 Å². The highest BCUT2D eigenvalue weighted by molar-refractivity contribution is 9.10. The summed E-state index contributed by atoms with van der Waals surface area (Å²) in [6.07, 6.45) is 0.0860. The standard InChI is InChI=1S/C17H14BrFN2O5S/c1-26-15-5-3-11(9-14(15)21-16(22)6-7-17(21)23)27(24,25)20-13-4-2-10(18)8-12(13)19/h2-5,8-9,20H,6-7H2,1H3. The molecule has 2 aromatic carbocycles. The van der Waals surface area contributed by atoms with Crippen molar-refractivity contribution in [2.24, 2.45) is 0 Å². The number of imide groups is 1. The van der Waals surface area contributed by atoms with Gasteiger partial charge < -0.3 is 4.74 Å². The number of benzene rings is 2. The molecule has 0 radical (unpaired) electrons. The van der Waals surface area contributed by atoms with Gasteiger partial charge in [-0.1, -0.05) is 15.9 Å². The maximum Gasteiger partial charge on any atom is 0.262 e. The molecule has 0 aromatic heterocycles. The van der Waals surface area contributed by atoms with E-state index < -0.39 is 27.7 Å². The first kappa shape index (κ1) is 19.3. The van der Waals surface area contributed by atoms with Gasteiger partial charge >= 0.3 is 0 Å². The van der Waals surface area contributed by atoms with Crippen LogP contribution in [0.15, 0.2) is 45.8 Å². The highest BCUT2D eigenvalue weighted by atomic mass is 79.9. The predicted molar refractivity (Wildman–Crippen MR) is 99.6 cm³/mol. The van der Waals surface area contributed by atoms with E-state index in [0.29, 0.717) is 4.47 Å². The van der Waals surface area contributed by atoms with Crippen LogP contribution in [0.2, 0.25) is 0 Å². The van der Waals surface area contributed by atoms with E-state index in [1.54, 1.807) is 0 Å². The molecule has 0 unspecified atom stereocenters. The summed E-state index contributed by atoms with van der Waals surface area (Å²) in [6.45, 7) is 0. The van der Waals surface area contributed by atoms with Crippen LogP contribution in [0, 0.1) is 5.82 Å². The number of hydrogen-bond donors (Lipinski definition) is 1. The smallest absolute Gasteiger partial charge is 0.262 e. The minimum absolute atomic E-state index is 0.0316. The van der Waals surface area contributed by atoms with Crippen molar-refractivity contribution >= 4 is 49.1 Å². The molecular weight excluding hydrogens is 443 g/mol. The number of halogens is 2. The fourth-order valence-corrected chi connectivity index (χ4v) is 4.05. The van der Waals surface area contributed by atoms with Crippen molar-refractivity contribution in [3.8, 4) is 5.75 Å². The van der Waals surface area contributed by atoms with Crippen LogP contribution in [0.5, 0.6) is 5.75 Å². The molecule has 1 saturated heterocycles. The first-order chi connectivity index (χ1) is 12.7. The molecule has 0 aliphatic carbocycles. The van der Waals surface area contributed by atoms with Crippen LogP contribution in [-0.2, 0) is 19.6 Å². The van der Waals surface area contributed by atoms with Crippen molar-refractivity contribution in [1.29, 1.82) is 0 Å². The SMILES string of the molecule is COc1ccc(S(=O)(=O)Nc2ccc(Br)cc2F)cc1N1C(=O)CCC1=O. The Kier molecular flexibility index (Phi) is 5.20. The Morgan fingerprint density at radius 3 is 2.37 bits per heavy atom. The topological polar surface area (TPSA) is 92.8 Å². The summed E-state index contributed by atoms with van der Waals surface area (Å²) in [4.78, 5) is 24.7. The van der Waals surface area contributed by atoms with E-state index in [2.05, 4.69) is 20.7 Å². The largest absolute Gasteiger partial charge is 0.495 e. The molecule has 142 valence electrons. The van der Waals surface area contributed by atoms with Crippen molar-refractivity contribution in [2.75, 3.05) is 16.7 Å². The molecule has 1 fully saturated rings. The summed E-state index contributed by atoms with van der Waals surface area (Å²) in [5.74, 6) is -1.47. The van der Waals surface area contributed by atoms with Crippen molar-refractivity contribution in [3.05, 3.63) is 46.7 Å². The average molecular weight is 457 g/mol. The Bertz CT molecular complexity index is 1030. The minimum atomic E-state index is -4.17. The Labute approximate surface area is 163 Å². The molecule has 0 bridgehead atoms. The fraction of sp³-hybridized carbons (Fsp3) is 0.176.